The zero-order valence-electron chi connectivity index (χ0n) is 11.4. The zero-order chi connectivity index (χ0) is 14.7. The van der Waals surface area contributed by atoms with Gasteiger partial charge in [-0.25, -0.2) is 4.68 Å². The van der Waals surface area contributed by atoms with Crippen molar-refractivity contribution in [2.45, 2.75) is 0 Å². The van der Waals surface area contributed by atoms with Gasteiger partial charge >= 0.3 is 0 Å². The third kappa shape index (κ3) is 2.97. The summed E-state index contributed by atoms with van der Waals surface area (Å²) in [5, 5.41) is 13.7. The quantitative estimate of drug-likeness (QED) is 0.797. The van der Waals surface area contributed by atoms with E-state index >= 15 is 0 Å². The van der Waals surface area contributed by atoms with Crippen LogP contribution in [0.1, 0.15) is 0 Å². The lowest BCUT2D eigenvalue weighted by molar-refractivity contribution is 0.414. The molecule has 0 bridgehead atoms. The lowest BCUT2D eigenvalue weighted by atomic mass is 10.3. The first-order valence-electron chi connectivity index (χ1n) is 6.40. The Morgan fingerprint density at radius 1 is 1.00 bits per heavy atom. The SMILES string of the molecule is COc1cccc(-n2cc(Oc3cccc(O)c3)cn2)c1. The number of aromatic nitrogens is 2. The van der Waals surface area contributed by atoms with Crippen LogP contribution in [0.25, 0.3) is 5.69 Å². The average Bonchev–Trinajstić information content (AvgIpc) is 2.96. The maximum Gasteiger partial charge on any atom is 0.165 e. The highest BCUT2D eigenvalue weighted by Crippen LogP contribution is 2.25. The third-order valence-corrected chi connectivity index (χ3v) is 2.93. The number of phenols is 1. The van der Waals surface area contributed by atoms with E-state index in [-0.39, 0.29) is 5.75 Å². The van der Waals surface area contributed by atoms with E-state index in [2.05, 4.69) is 5.10 Å². The molecular weight excluding hydrogens is 268 g/mol. The van der Waals surface area contributed by atoms with E-state index in [4.69, 9.17) is 9.47 Å². The van der Waals surface area contributed by atoms with Gasteiger partial charge in [-0.3, -0.25) is 0 Å². The fourth-order valence-electron chi connectivity index (χ4n) is 1.94. The number of benzene rings is 2. The lowest BCUT2D eigenvalue weighted by Gasteiger charge is -2.04. The van der Waals surface area contributed by atoms with Crippen molar-refractivity contribution in [2.24, 2.45) is 0 Å². The van der Waals surface area contributed by atoms with Crippen molar-refractivity contribution in [2.75, 3.05) is 7.11 Å². The Hall–Kier alpha value is -2.95. The van der Waals surface area contributed by atoms with Crippen molar-refractivity contribution in [3.05, 3.63) is 60.9 Å². The Labute approximate surface area is 122 Å². The minimum Gasteiger partial charge on any atom is -0.508 e. The van der Waals surface area contributed by atoms with Crippen LogP contribution in [0, 0.1) is 0 Å². The van der Waals surface area contributed by atoms with Crippen LogP contribution in [0.15, 0.2) is 60.9 Å². The van der Waals surface area contributed by atoms with Crippen molar-refractivity contribution in [3.8, 4) is 28.7 Å². The number of hydrogen-bond donors (Lipinski definition) is 1. The van der Waals surface area contributed by atoms with Crippen LogP contribution in [0.2, 0.25) is 0 Å². The maximum atomic E-state index is 9.42. The van der Waals surface area contributed by atoms with Gasteiger partial charge in [-0.1, -0.05) is 12.1 Å². The minimum absolute atomic E-state index is 0.160. The number of phenolic OH excluding ortho intramolecular Hbond substituents is 1. The van der Waals surface area contributed by atoms with Gasteiger partial charge in [0.15, 0.2) is 5.75 Å². The van der Waals surface area contributed by atoms with Crippen LogP contribution in [0.3, 0.4) is 0 Å². The molecule has 5 heteroatoms. The topological polar surface area (TPSA) is 56.5 Å². The van der Waals surface area contributed by atoms with Crippen molar-refractivity contribution in [1.82, 2.24) is 9.78 Å². The van der Waals surface area contributed by atoms with Gasteiger partial charge in [0.1, 0.15) is 17.2 Å². The Bertz CT molecular complexity index is 753. The molecule has 0 spiro atoms. The van der Waals surface area contributed by atoms with Crippen molar-refractivity contribution in [1.29, 1.82) is 0 Å². The number of methoxy groups -OCH3 is 1. The summed E-state index contributed by atoms with van der Waals surface area (Å²) in [4.78, 5) is 0. The molecule has 1 N–H and O–H groups in total. The van der Waals surface area contributed by atoms with E-state index in [0.29, 0.717) is 11.5 Å². The molecule has 0 unspecified atom stereocenters. The van der Waals surface area contributed by atoms with Crippen molar-refractivity contribution < 1.29 is 14.6 Å². The monoisotopic (exact) mass is 282 g/mol. The molecule has 0 amide bonds. The van der Waals surface area contributed by atoms with Gasteiger partial charge in [-0.15, -0.1) is 0 Å². The van der Waals surface area contributed by atoms with Crippen molar-refractivity contribution in [3.63, 3.8) is 0 Å². The second-order valence-electron chi connectivity index (χ2n) is 4.42. The molecule has 0 aliphatic carbocycles. The molecular formula is C16H14N2O3. The average molecular weight is 282 g/mol. The first-order valence-corrected chi connectivity index (χ1v) is 6.40. The van der Waals surface area contributed by atoms with Crippen LogP contribution in [0.4, 0.5) is 0 Å². The minimum atomic E-state index is 0.160. The van der Waals surface area contributed by atoms with Gasteiger partial charge in [-0.05, 0) is 24.3 Å². The first-order chi connectivity index (χ1) is 10.2. The number of rotatable bonds is 4. The highest BCUT2D eigenvalue weighted by Gasteiger charge is 2.04. The number of nitrogens with zero attached hydrogens (tertiary/aromatic N) is 2. The molecule has 0 fully saturated rings. The molecule has 21 heavy (non-hydrogen) atoms. The molecule has 1 heterocycles. The summed E-state index contributed by atoms with van der Waals surface area (Å²) in [6.07, 6.45) is 3.38. The maximum absolute atomic E-state index is 9.42. The van der Waals surface area contributed by atoms with E-state index in [9.17, 15) is 5.11 Å². The predicted molar refractivity (Wildman–Crippen MR) is 78.3 cm³/mol. The van der Waals surface area contributed by atoms with Crippen LogP contribution in [-0.4, -0.2) is 22.0 Å². The van der Waals surface area contributed by atoms with Crippen molar-refractivity contribution >= 4 is 0 Å². The molecule has 3 rings (SSSR count). The standard InChI is InChI=1S/C16H14N2O3/c1-20-14-6-2-4-12(8-14)18-11-16(10-17-18)21-15-7-3-5-13(19)9-15/h2-11,19H,1H3. The molecule has 0 aliphatic heterocycles. The van der Waals surface area contributed by atoms with E-state index in [1.807, 2.05) is 24.3 Å². The van der Waals surface area contributed by atoms with Gasteiger partial charge < -0.3 is 14.6 Å². The van der Waals surface area contributed by atoms with Gasteiger partial charge in [0, 0.05) is 12.1 Å². The van der Waals surface area contributed by atoms with E-state index in [1.165, 1.54) is 0 Å². The Kier molecular flexibility index (Phi) is 3.47. The Balaban J connectivity index is 1.82. The largest absolute Gasteiger partial charge is 0.508 e. The highest BCUT2D eigenvalue weighted by molar-refractivity contribution is 5.40. The smallest absolute Gasteiger partial charge is 0.165 e. The van der Waals surface area contributed by atoms with Crippen LogP contribution in [0.5, 0.6) is 23.0 Å². The van der Waals surface area contributed by atoms with E-state index < -0.39 is 0 Å². The van der Waals surface area contributed by atoms with E-state index in [0.717, 1.165) is 11.4 Å². The highest BCUT2D eigenvalue weighted by atomic mass is 16.5. The predicted octanol–water partition coefficient (Wildman–Crippen LogP) is 3.38. The summed E-state index contributed by atoms with van der Waals surface area (Å²) < 4.78 is 12.5. The third-order valence-electron chi connectivity index (χ3n) is 2.93. The fraction of sp³-hybridized carbons (Fsp3) is 0.0625. The Morgan fingerprint density at radius 2 is 1.81 bits per heavy atom. The lowest BCUT2D eigenvalue weighted by Crippen LogP contribution is -1.94. The summed E-state index contributed by atoms with van der Waals surface area (Å²) >= 11 is 0. The Morgan fingerprint density at radius 3 is 2.62 bits per heavy atom. The molecule has 0 saturated heterocycles. The number of ether oxygens (including phenoxy) is 2. The second-order valence-corrected chi connectivity index (χ2v) is 4.42. The summed E-state index contributed by atoms with van der Waals surface area (Å²) in [5.74, 6) is 2.06. The summed E-state index contributed by atoms with van der Waals surface area (Å²) in [5.41, 5.74) is 0.875. The van der Waals surface area contributed by atoms with Gasteiger partial charge in [-0.2, -0.15) is 5.10 Å². The molecule has 3 aromatic rings. The molecule has 106 valence electrons. The van der Waals surface area contributed by atoms with Gasteiger partial charge in [0.2, 0.25) is 0 Å². The van der Waals surface area contributed by atoms with Crippen LogP contribution in [-0.2, 0) is 0 Å². The summed E-state index contributed by atoms with van der Waals surface area (Å²) in [7, 11) is 1.62. The molecule has 2 aromatic carbocycles. The summed E-state index contributed by atoms with van der Waals surface area (Å²) in [6.45, 7) is 0. The molecule has 0 saturated carbocycles. The van der Waals surface area contributed by atoms with Gasteiger partial charge in [0.25, 0.3) is 0 Å². The molecule has 0 atom stereocenters. The number of aromatic hydroxyl groups is 1. The van der Waals surface area contributed by atoms with E-state index in [1.54, 1.807) is 48.5 Å². The molecule has 5 nitrogen and oxygen atoms in total. The first kappa shape index (κ1) is 13.1. The van der Waals surface area contributed by atoms with Crippen LogP contribution < -0.4 is 9.47 Å². The zero-order valence-corrected chi connectivity index (χ0v) is 11.4. The molecule has 1 aromatic heterocycles. The fourth-order valence-corrected chi connectivity index (χ4v) is 1.94. The normalized spacial score (nSPS) is 10.3. The van der Waals surface area contributed by atoms with Gasteiger partial charge in [0.05, 0.1) is 25.2 Å². The summed E-state index contributed by atoms with van der Waals surface area (Å²) in [6, 6.07) is 14.2. The molecule has 0 aliphatic rings. The second kappa shape index (κ2) is 5.58. The van der Waals surface area contributed by atoms with Crippen LogP contribution >= 0.6 is 0 Å². The molecule has 0 radical (unpaired) electrons. The number of hydrogen-bond acceptors (Lipinski definition) is 4.